The normalized spacial score (nSPS) is 21.4. The van der Waals surface area contributed by atoms with Crippen molar-refractivity contribution in [2.24, 2.45) is 0 Å². The average molecular weight is 75.1 g/mol. The van der Waals surface area contributed by atoms with E-state index in [2.05, 4.69) is 0 Å². The van der Waals surface area contributed by atoms with E-state index >= 15 is 0 Å². The van der Waals surface area contributed by atoms with Crippen molar-refractivity contribution in [1.82, 2.24) is 0 Å². The van der Waals surface area contributed by atoms with Gasteiger partial charge in [0.2, 0.25) is 0 Å². The Bertz CT molecular complexity index is 83.8. The molecule has 1 heteroatoms. The molecular weight excluding hydrogens is 64.0 g/mol. The van der Waals surface area contributed by atoms with E-state index in [9.17, 15) is 0 Å². The summed E-state index contributed by atoms with van der Waals surface area (Å²) in [4.78, 5) is 0. The van der Waals surface area contributed by atoms with Gasteiger partial charge in [-0.3, -0.25) is 0 Å². The first-order chi connectivity index (χ1) is 3.56. The molecule has 0 rings (SSSR count). The van der Waals surface area contributed by atoms with Crippen molar-refractivity contribution in [2.45, 2.75) is 6.85 Å². The minimum absolute atomic E-state index is 0.210. The first-order valence-electron chi connectivity index (χ1n) is 2.85. The van der Waals surface area contributed by atoms with Crippen LogP contribution in [0.25, 0.3) is 0 Å². The third kappa shape index (κ3) is 3.70. The highest BCUT2D eigenvalue weighted by Crippen LogP contribution is 1.60. The van der Waals surface area contributed by atoms with Gasteiger partial charge >= 0.3 is 0 Å². The molecule has 1 N–H and O–H groups in total. The predicted octanol–water partition coefficient (Wildman–Crippen LogP) is 0.555. The van der Waals surface area contributed by atoms with Crippen LogP contribution in [0.3, 0.4) is 0 Å². The van der Waals surface area contributed by atoms with E-state index in [0.717, 1.165) is 6.08 Å². The van der Waals surface area contributed by atoms with Crippen molar-refractivity contribution in [3.05, 3.63) is 12.2 Å². The summed E-state index contributed by atoms with van der Waals surface area (Å²) in [5, 5.41) is 8.09. The van der Waals surface area contributed by atoms with Crippen molar-refractivity contribution in [1.29, 1.82) is 0 Å². The molecule has 0 heterocycles. The van der Waals surface area contributed by atoms with Crippen LogP contribution in [0.15, 0.2) is 12.2 Å². The zero-order chi connectivity index (χ0) is 6.62. The van der Waals surface area contributed by atoms with Crippen LogP contribution < -0.4 is 0 Å². The van der Waals surface area contributed by atoms with Gasteiger partial charge in [-0.25, -0.2) is 0 Å². The van der Waals surface area contributed by atoms with Gasteiger partial charge in [-0.05, 0) is 6.85 Å². The van der Waals surface area contributed by atoms with Gasteiger partial charge in [0.1, 0.15) is 0 Å². The summed E-state index contributed by atoms with van der Waals surface area (Å²) >= 11 is 0. The maximum atomic E-state index is 8.09. The third-order valence-corrected chi connectivity index (χ3v) is 0.223. The molecule has 1 nitrogen and oxygen atoms in total. The summed E-state index contributed by atoms with van der Waals surface area (Å²) in [6.07, 6.45) is 2.19. The minimum atomic E-state index is -2.04. The summed E-state index contributed by atoms with van der Waals surface area (Å²) in [6.45, 7) is -2.25. The van der Waals surface area contributed by atoms with Gasteiger partial charge < -0.3 is 5.11 Å². The third-order valence-electron chi connectivity index (χ3n) is 0.223. The lowest BCUT2D eigenvalue weighted by atomic mass is 10.6. The van der Waals surface area contributed by atoms with Gasteiger partial charge in [-0.15, -0.1) is 0 Å². The van der Waals surface area contributed by atoms with Crippen molar-refractivity contribution < 1.29 is 9.22 Å². The van der Waals surface area contributed by atoms with E-state index < -0.39 is 6.85 Å². The summed E-state index contributed by atoms with van der Waals surface area (Å²) < 4.78 is 19.7. The molecule has 0 aliphatic heterocycles. The number of aliphatic hydroxyl groups is 1. The predicted molar refractivity (Wildman–Crippen MR) is 21.9 cm³/mol. The van der Waals surface area contributed by atoms with Gasteiger partial charge in [0.25, 0.3) is 0 Å². The number of hydrogen-bond donors (Lipinski definition) is 1. The standard InChI is InChI=1S/C4H8O/c1-2-3-4-5/h2-3,5H,4H2,1H3/b3-2-/i1D3. The lowest BCUT2D eigenvalue weighted by molar-refractivity contribution is 0.342. The molecule has 0 aromatic rings. The lowest BCUT2D eigenvalue weighted by Gasteiger charge is -1.66. The first-order valence-corrected chi connectivity index (χ1v) is 1.35. The Balaban J connectivity index is 3.52. The van der Waals surface area contributed by atoms with Crippen molar-refractivity contribution in [2.75, 3.05) is 6.61 Å². The zero-order valence-electron chi connectivity index (χ0n) is 5.81. The highest BCUT2D eigenvalue weighted by Gasteiger charge is 1.52. The van der Waals surface area contributed by atoms with Gasteiger partial charge in [0.05, 0.1) is 6.61 Å². The fraction of sp³-hybridized carbons (Fsp3) is 0.500. The minimum Gasteiger partial charge on any atom is -0.392 e. The van der Waals surface area contributed by atoms with E-state index in [0.29, 0.717) is 0 Å². The summed E-state index contributed by atoms with van der Waals surface area (Å²) in [7, 11) is 0. The topological polar surface area (TPSA) is 20.2 Å². The Morgan fingerprint density at radius 1 is 2.20 bits per heavy atom. The molecule has 0 spiro atoms. The zero-order valence-corrected chi connectivity index (χ0v) is 2.81. The number of allylic oxidation sites excluding steroid dienone is 1. The van der Waals surface area contributed by atoms with E-state index in [1.807, 2.05) is 0 Å². The van der Waals surface area contributed by atoms with E-state index in [-0.39, 0.29) is 6.61 Å². The molecule has 0 aliphatic carbocycles. The Hall–Kier alpha value is -0.300. The molecule has 0 saturated heterocycles. The van der Waals surface area contributed by atoms with E-state index in [4.69, 9.17) is 9.22 Å². The molecule has 0 aromatic heterocycles. The number of aliphatic hydroxyl groups excluding tert-OH is 1. The Morgan fingerprint density at radius 3 is 3.20 bits per heavy atom. The SMILES string of the molecule is [2H]C([2H])([2H])/C=C\CO. The second-order valence-electron chi connectivity index (χ2n) is 0.585. The second kappa shape index (κ2) is 3.70. The quantitative estimate of drug-likeness (QED) is 0.451. The van der Waals surface area contributed by atoms with Crippen LogP contribution in [0.2, 0.25) is 0 Å². The maximum absolute atomic E-state index is 8.09. The number of rotatable bonds is 1. The van der Waals surface area contributed by atoms with E-state index in [1.165, 1.54) is 6.08 Å². The van der Waals surface area contributed by atoms with Gasteiger partial charge in [0, 0.05) is 4.11 Å². The monoisotopic (exact) mass is 75.1 g/mol. The molecule has 0 atom stereocenters. The van der Waals surface area contributed by atoms with Crippen LogP contribution in [0, 0.1) is 0 Å². The molecule has 0 amide bonds. The summed E-state index contributed by atoms with van der Waals surface area (Å²) in [6, 6.07) is 0. The first kappa shape index (κ1) is 1.43. The fourth-order valence-corrected chi connectivity index (χ4v) is 0.0527. The molecule has 0 bridgehead atoms. The van der Waals surface area contributed by atoms with Crippen molar-refractivity contribution in [3.63, 3.8) is 0 Å². The Kier molecular flexibility index (Phi) is 1.06. The highest BCUT2D eigenvalue weighted by atomic mass is 16.2. The van der Waals surface area contributed by atoms with Crippen LogP contribution in [0.5, 0.6) is 0 Å². The van der Waals surface area contributed by atoms with Crippen LogP contribution in [-0.2, 0) is 0 Å². The Labute approximate surface area is 36.2 Å². The molecule has 0 radical (unpaired) electrons. The van der Waals surface area contributed by atoms with Crippen molar-refractivity contribution >= 4 is 0 Å². The number of hydrogen-bond acceptors (Lipinski definition) is 1. The van der Waals surface area contributed by atoms with Crippen molar-refractivity contribution in [3.8, 4) is 0 Å². The lowest BCUT2D eigenvalue weighted by Crippen LogP contribution is -1.65. The highest BCUT2D eigenvalue weighted by molar-refractivity contribution is 4.74. The van der Waals surface area contributed by atoms with Gasteiger partial charge in [-0.2, -0.15) is 0 Å². The Morgan fingerprint density at radius 2 is 3.00 bits per heavy atom. The molecule has 5 heavy (non-hydrogen) atoms. The largest absolute Gasteiger partial charge is 0.392 e. The van der Waals surface area contributed by atoms with E-state index in [1.54, 1.807) is 0 Å². The molecule has 30 valence electrons. The molecule has 0 unspecified atom stereocenters. The molecule has 0 aromatic carbocycles. The fourth-order valence-electron chi connectivity index (χ4n) is 0.0527. The van der Waals surface area contributed by atoms with Crippen LogP contribution in [0.4, 0.5) is 0 Å². The van der Waals surface area contributed by atoms with Crippen LogP contribution in [-0.4, -0.2) is 11.7 Å². The van der Waals surface area contributed by atoms with Crippen LogP contribution in [0.1, 0.15) is 11.0 Å². The smallest absolute Gasteiger partial charge is 0.0612 e. The second-order valence-corrected chi connectivity index (χ2v) is 0.585. The van der Waals surface area contributed by atoms with Gasteiger partial charge in [-0.1, -0.05) is 12.2 Å². The molecular formula is C4H8O. The summed E-state index contributed by atoms with van der Waals surface area (Å²) in [5.74, 6) is 0. The summed E-state index contributed by atoms with van der Waals surface area (Å²) in [5.41, 5.74) is 0. The van der Waals surface area contributed by atoms with Gasteiger partial charge in [0.15, 0.2) is 0 Å². The molecule has 0 saturated carbocycles. The van der Waals surface area contributed by atoms with Crippen LogP contribution >= 0.6 is 0 Å². The molecule has 0 fully saturated rings. The maximum Gasteiger partial charge on any atom is 0.0612 e. The molecule has 0 aliphatic rings. The average Bonchev–Trinajstić information content (AvgIpc) is 1.59.